The summed E-state index contributed by atoms with van der Waals surface area (Å²) in [5.41, 5.74) is 1.78. The molecule has 0 aliphatic rings. The van der Waals surface area contributed by atoms with Crippen molar-refractivity contribution in [3.05, 3.63) is 41.5 Å². The molecule has 0 unspecified atom stereocenters. The average molecular weight is 173 g/mol. The standard InChI is InChI=1S/C10H9N.C2H6/c1-2-4-9-5-3-6-10(7-9)8-11;1-2/h2-7H,1H3;1-2H3/b4-2+;. The van der Waals surface area contributed by atoms with Gasteiger partial charge in [-0.25, -0.2) is 0 Å². The fourth-order valence-electron chi connectivity index (χ4n) is 0.904. The highest BCUT2D eigenvalue weighted by Gasteiger charge is 1.88. The minimum absolute atomic E-state index is 0.709. The van der Waals surface area contributed by atoms with Gasteiger partial charge in [0.1, 0.15) is 0 Å². The summed E-state index contributed by atoms with van der Waals surface area (Å²) in [4.78, 5) is 0. The summed E-state index contributed by atoms with van der Waals surface area (Å²) in [6.07, 6.45) is 3.93. The molecule has 0 amide bonds. The average Bonchev–Trinajstić information content (AvgIpc) is 2.22. The van der Waals surface area contributed by atoms with Crippen LogP contribution in [0.5, 0.6) is 0 Å². The number of allylic oxidation sites excluding steroid dienone is 1. The summed E-state index contributed by atoms with van der Waals surface area (Å²) < 4.78 is 0. The first kappa shape index (κ1) is 11.4. The minimum Gasteiger partial charge on any atom is -0.192 e. The Balaban J connectivity index is 0.000000671. The summed E-state index contributed by atoms with van der Waals surface area (Å²) in [7, 11) is 0. The number of hydrogen-bond donors (Lipinski definition) is 0. The van der Waals surface area contributed by atoms with Crippen LogP contribution < -0.4 is 0 Å². The predicted octanol–water partition coefficient (Wildman–Crippen LogP) is 3.62. The van der Waals surface area contributed by atoms with Crippen molar-refractivity contribution in [1.82, 2.24) is 0 Å². The van der Waals surface area contributed by atoms with Gasteiger partial charge >= 0.3 is 0 Å². The van der Waals surface area contributed by atoms with Crippen molar-refractivity contribution >= 4 is 6.08 Å². The van der Waals surface area contributed by atoms with Crippen LogP contribution in [0.1, 0.15) is 31.9 Å². The third-order valence-corrected chi connectivity index (χ3v) is 1.37. The fourth-order valence-corrected chi connectivity index (χ4v) is 0.904. The number of nitriles is 1. The first-order valence-corrected chi connectivity index (χ1v) is 4.49. The van der Waals surface area contributed by atoms with Gasteiger partial charge < -0.3 is 0 Å². The van der Waals surface area contributed by atoms with Crippen LogP contribution in [0.3, 0.4) is 0 Å². The third-order valence-electron chi connectivity index (χ3n) is 1.37. The lowest BCUT2D eigenvalue weighted by Crippen LogP contribution is -1.74. The zero-order valence-electron chi connectivity index (χ0n) is 8.41. The molecule has 0 bridgehead atoms. The van der Waals surface area contributed by atoms with Crippen LogP contribution in [-0.2, 0) is 0 Å². The van der Waals surface area contributed by atoms with Gasteiger partial charge in [0.2, 0.25) is 0 Å². The molecule has 1 heteroatoms. The molecule has 0 aliphatic heterocycles. The second-order valence-corrected chi connectivity index (χ2v) is 2.24. The van der Waals surface area contributed by atoms with E-state index in [1.165, 1.54) is 0 Å². The Kier molecular flexibility index (Phi) is 6.27. The highest BCUT2D eigenvalue weighted by molar-refractivity contribution is 5.51. The fraction of sp³-hybridized carbons (Fsp3) is 0.250. The summed E-state index contributed by atoms with van der Waals surface area (Å²) in [5, 5.41) is 8.56. The predicted molar refractivity (Wildman–Crippen MR) is 57.2 cm³/mol. The monoisotopic (exact) mass is 173 g/mol. The van der Waals surface area contributed by atoms with Gasteiger partial charge in [0.15, 0.2) is 0 Å². The molecule has 0 spiro atoms. The van der Waals surface area contributed by atoms with Gasteiger partial charge in [0, 0.05) is 0 Å². The van der Waals surface area contributed by atoms with E-state index < -0.39 is 0 Å². The smallest absolute Gasteiger partial charge is 0.0991 e. The third kappa shape index (κ3) is 4.12. The molecule has 1 rings (SSSR count). The molecular formula is C12H15N. The van der Waals surface area contributed by atoms with E-state index in [2.05, 4.69) is 6.07 Å². The lowest BCUT2D eigenvalue weighted by atomic mass is 10.1. The van der Waals surface area contributed by atoms with Crippen molar-refractivity contribution in [1.29, 1.82) is 5.26 Å². The largest absolute Gasteiger partial charge is 0.192 e. The quantitative estimate of drug-likeness (QED) is 0.636. The molecule has 0 aromatic heterocycles. The van der Waals surface area contributed by atoms with Gasteiger partial charge in [-0.3, -0.25) is 0 Å². The normalized spacial score (nSPS) is 8.77. The van der Waals surface area contributed by atoms with Crippen LogP contribution in [0.25, 0.3) is 6.08 Å². The van der Waals surface area contributed by atoms with Gasteiger partial charge in [0.25, 0.3) is 0 Å². The van der Waals surface area contributed by atoms with E-state index in [1.807, 2.05) is 51.1 Å². The van der Waals surface area contributed by atoms with Crippen molar-refractivity contribution in [3.63, 3.8) is 0 Å². The molecule has 1 aromatic carbocycles. The maximum Gasteiger partial charge on any atom is 0.0991 e. The van der Waals surface area contributed by atoms with Crippen molar-refractivity contribution < 1.29 is 0 Å². The van der Waals surface area contributed by atoms with Gasteiger partial charge in [-0.2, -0.15) is 5.26 Å². The Morgan fingerprint density at radius 2 is 2.00 bits per heavy atom. The molecule has 0 heterocycles. The zero-order chi connectivity index (χ0) is 10.1. The van der Waals surface area contributed by atoms with Crippen molar-refractivity contribution in [2.24, 2.45) is 0 Å². The maximum atomic E-state index is 8.56. The first-order chi connectivity index (χ1) is 6.36. The van der Waals surface area contributed by atoms with Crippen LogP contribution in [-0.4, -0.2) is 0 Å². The Morgan fingerprint density at radius 1 is 1.31 bits per heavy atom. The molecule has 68 valence electrons. The van der Waals surface area contributed by atoms with Crippen LogP contribution in [0.15, 0.2) is 30.3 Å². The minimum atomic E-state index is 0.709. The van der Waals surface area contributed by atoms with Crippen LogP contribution in [0.2, 0.25) is 0 Å². The molecule has 1 nitrogen and oxygen atoms in total. The van der Waals surface area contributed by atoms with Crippen molar-refractivity contribution in [2.45, 2.75) is 20.8 Å². The summed E-state index contributed by atoms with van der Waals surface area (Å²) in [6, 6.07) is 9.61. The summed E-state index contributed by atoms with van der Waals surface area (Å²) in [5.74, 6) is 0. The van der Waals surface area contributed by atoms with E-state index in [0.29, 0.717) is 5.56 Å². The maximum absolute atomic E-state index is 8.56. The number of rotatable bonds is 1. The second kappa shape index (κ2) is 7.12. The Hall–Kier alpha value is -1.55. The molecule has 0 saturated carbocycles. The zero-order valence-corrected chi connectivity index (χ0v) is 8.41. The molecule has 13 heavy (non-hydrogen) atoms. The number of benzene rings is 1. The molecule has 0 N–H and O–H groups in total. The molecule has 0 radical (unpaired) electrons. The Morgan fingerprint density at radius 3 is 2.54 bits per heavy atom. The van der Waals surface area contributed by atoms with Crippen LogP contribution in [0.4, 0.5) is 0 Å². The first-order valence-electron chi connectivity index (χ1n) is 4.49. The van der Waals surface area contributed by atoms with Crippen LogP contribution >= 0.6 is 0 Å². The molecular weight excluding hydrogens is 158 g/mol. The second-order valence-electron chi connectivity index (χ2n) is 2.24. The topological polar surface area (TPSA) is 23.8 Å². The Labute approximate surface area is 80.3 Å². The van der Waals surface area contributed by atoms with Crippen molar-refractivity contribution in [3.8, 4) is 6.07 Å². The van der Waals surface area contributed by atoms with E-state index >= 15 is 0 Å². The van der Waals surface area contributed by atoms with E-state index in [0.717, 1.165) is 5.56 Å². The highest BCUT2D eigenvalue weighted by Crippen LogP contribution is 2.05. The van der Waals surface area contributed by atoms with E-state index in [-0.39, 0.29) is 0 Å². The van der Waals surface area contributed by atoms with Gasteiger partial charge in [-0.05, 0) is 24.6 Å². The van der Waals surface area contributed by atoms with Gasteiger partial charge in [-0.1, -0.05) is 38.1 Å². The summed E-state index contributed by atoms with van der Waals surface area (Å²) in [6.45, 7) is 5.96. The molecule has 0 aliphatic carbocycles. The van der Waals surface area contributed by atoms with Gasteiger partial charge in [0.05, 0.1) is 11.6 Å². The number of hydrogen-bond acceptors (Lipinski definition) is 1. The number of nitrogens with zero attached hydrogens (tertiary/aromatic N) is 1. The SMILES string of the molecule is C/C=C/c1cccc(C#N)c1.CC. The molecule has 1 aromatic rings. The molecule has 0 atom stereocenters. The Bertz CT molecular complexity index is 305. The van der Waals surface area contributed by atoms with Crippen molar-refractivity contribution in [2.75, 3.05) is 0 Å². The van der Waals surface area contributed by atoms with E-state index in [9.17, 15) is 0 Å². The van der Waals surface area contributed by atoms with Crippen LogP contribution in [0, 0.1) is 11.3 Å². The highest BCUT2D eigenvalue weighted by atomic mass is 14.2. The molecule has 0 fully saturated rings. The lowest BCUT2D eigenvalue weighted by molar-refractivity contribution is 1.48. The summed E-state index contributed by atoms with van der Waals surface area (Å²) >= 11 is 0. The van der Waals surface area contributed by atoms with E-state index in [1.54, 1.807) is 6.07 Å². The lowest BCUT2D eigenvalue weighted by Gasteiger charge is -1.91. The molecule has 0 saturated heterocycles. The van der Waals surface area contributed by atoms with E-state index in [4.69, 9.17) is 5.26 Å². The van der Waals surface area contributed by atoms with Gasteiger partial charge in [-0.15, -0.1) is 0 Å².